The number of benzene rings is 9. The number of rotatable bonds is 5. The smallest absolute Gasteiger partial charge is 0.143 e. The molecule has 0 amide bonds. The van der Waals surface area contributed by atoms with E-state index >= 15 is 0 Å². The molecule has 0 saturated heterocycles. The molecular formula is C50H31NOS. The Morgan fingerprint density at radius 2 is 1.08 bits per heavy atom. The topological polar surface area (TPSA) is 16.4 Å². The number of furan rings is 1. The minimum Gasteiger partial charge on any atom is -0.455 e. The Morgan fingerprint density at radius 1 is 0.396 bits per heavy atom. The van der Waals surface area contributed by atoms with Crippen molar-refractivity contribution < 1.29 is 4.42 Å². The first-order valence-corrected chi connectivity index (χ1v) is 18.8. The summed E-state index contributed by atoms with van der Waals surface area (Å²) in [4.78, 5) is 2.49. The molecule has 0 N–H and O–H groups in total. The largest absolute Gasteiger partial charge is 0.455 e. The van der Waals surface area contributed by atoms with Crippen molar-refractivity contribution in [3.05, 3.63) is 188 Å². The number of thiophene rings is 1. The van der Waals surface area contributed by atoms with Crippen molar-refractivity contribution >= 4 is 92.1 Å². The van der Waals surface area contributed by atoms with Crippen molar-refractivity contribution in [2.45, 2.75) is 0 Å². The Balaban J connectivity index is 1.23. The van der Waals surface area contributed by atoms with Gasteiger partial charge in [0.05, 0.1) is 16.1 Å². The Labute approximate surface area is 310 Å². The summed E-state index contributed by atoms with van der Waals surface area (Å²) in [7, 11) is 0. The van der Waals surface area contributed by atoms with Gasteiger partial charge in [-0.05, 0) is 69.2 Å². The van der Waals surface area contributed by atoms with Crippen molar-refractivity contribution in [2.75, 3.05) is 4.90 Å². The van der Waals surface area contributed by atoms with E-state index in [9.17, 15) is 0 Å². The van der Waals surface area contributed by atoms with Gasteiger partial charge in [0.15, 0.2) is 0 Å². The van der Waals surface area contributed by atoms with Crippen LogP contribution in [0, 0.1) is 0 Å². The van der Waals surface area contributed by atoms with E-state index in [0.717, 1.165) is 61.3 Å². The van der Waals surface area contributed by atoms with E-state index in [1.165, 1.54) is 41.7 Å². The molecule has 9 aromatic carbocycles. The quantitative estimate of drug-likeness (QED) is 0.167. The zero-order valence-corrected chi connectivity index (χ0v) is 29.5. The highest BCUT2D eigenvalue weighted by atomic mass is 32.1. The van der Waals surface area contributed by atoms with Crippen molar-refractivity contribution in [2.24, 2.45) is 0 Å². The highest BCUT2D eigenvalue weighted by Crippen LogP contribution is 2.49. The predicted molar refractivity (Wildman–Crippen MR) is 227 cm³/mol. The molecule has 0 fully saturated rings. The van der Waals surface area contributed by atoms with E-state index in [1.54, 1.807) is 0 Å². The molecule has 0 saturated carbocycles. The number of nitrogens with zero attached hydrogens (tertiary/aromatic N) is 1. The van der Waals surface area contributed by atoms with Gasteiger partial charge in [0.25, 0.3) is 0 Å². The van der Waals surface area contributed by atoms with Crippen LogP contribution in [0.4, 0.5) is 17.1 Å². The normalized spacial score (nSPS) is 11.8. The van der Waals surface area contributed by atoms with E-state index in [2.05, 4.69) is 187 Å². The fourth-order valence-corrected chi connectivity index (χ4v) is 9.46. The second-order valence-electron chi connectivity index (χ2n) is 13.6. The molecule has 2 heterocycles. The first-order valence-electron chi connectivity index (χ1n) is 18.0. The van der Waals surface area contributed by atoms with Gasteiger partial charge in [-0.2, -0.15) is 0 Å². The minimum atomic E-state index is 0.901. The van der Waals surface area contributed by atoms with Gasteiger partial charge in [0.1, 0.15) is 11.2 Å². The van der Waals surface area contributed by atoms with Crippen LogP contribution in [-0.2, 0) is 0 Å². The molecule has 11 aromatic rings. The van der Waals surface area contributed by atoms with E-state index in [1.807, 2.05) is 17.4 Å². The van der Waals surface area contributed by atoms with Crippen LogP contribution in [0.2, 0.25) is 0 Å². The maximum absolute atomic E-state index is 6.60. The van der Waals surface area contributed by atoms with E-state index in [-0.39, 0.29) is 0 Å². The molecule has 2 nitrogen and oxygen atoms in total. The molecule has 0 radical (unpaired) electrons. The third-order valence-electron chi connectivity index (χ3n) is 10.7. The highest BCUT2D eigenvalue weighted by molar-refractivity contribution is 7.26. The van der Waals surface area contributed by atoms with E-state index in [0.29, 0.717) is 0 Å². The maximum atomic E-state index is 6.60. The van der Waals surface area contributed by atoms with Gasteiger partial charge in [-0.3, -0.25) is 0 Å². The average molecular weight is 694 g/mol. The summed E-state index contributed by atoms with van der Waals surface area (Å²) in [5, 5.41) is 9.74. The minimum absolute atomic E-state index is 0.901. The SMILES string of the molecule is c1ccc(-c2cc(N(c3cc4ccccc4c4ccccc34)c3cccc4c3sc3ccccc34)ccc2-c2cccc3c2oc2ccccc23)cc1. The zero-order chi connectivity index (χ0) is 34.9. The second-order valence-corrected chi connectivity index (χ2v) is 14.7. The summed E-state index contributed by atoms with van der Waals surface area (Å²) in [5.74, 6) is 0. The molecule has 248 valence electrons. The van der Waals surface area contributed by atoms with Crippen molar-refractivity contribution in [3.8, 4) is 22.3 Å². The van der Waals surface area contributed by atoms with Crippen molar-refractivity contribution in [3.63, 3.8) is 0 Å². The van der Waals surface area contributed by atoms with Gasteiger partial charge < -0.3 is 9.32 Å². The number of anilines is 3. The number of hydrogen-bond acceptors (Lipinski definition) is 3. The first kappa shape index (κ1) is 30.0. The summed E-state index contributed by atoms with van der Waals surface area (Å²) in [6.07, 6.45) is 0. The lowest BCUT2D eigenvalue weighted by Crippen LogP contribution is -2.11. The first-order chi connectivity index (χ1) is 26.3. The Kier molecular flexibility index (Phi) is 6.76. The van der Waals surface area contributed by atoms with E-state index < -0.39 is 0 Å². The van der Waals surface area contributed by atoms with E-state index in [4.69, 9.17) is 4.42 Å². The molecule has 3 heteroatoms. The zero-order valence-electron chi connectivity index (χ0n) is 28.7. The van der Waals surface area contributed by atoms with Gasteiger partial charge in [-0.25, -0.2) is 0 Å². The average Bonchev–Trinajstić information content (AvgIpc) is 3.81. The molecule has 0 aliphatic rings. The number of para-hydroxylation sites is 2. The molecule has 0 aliphatic heterocycles. The molecule has 2 aromatic heterocycles. The highest BCUT2D eigenvalue weighted by Gasteiger charge is 2.23. The predicted octanol–water partition coefficient (Wildman–Crippen LogP) is 15.1. The standard InChI is InChI=1S/C50H31NOS/c1-2-14-32(15-3-1)44-31-34(28-29-37(44)41-22-12-23-42-39-20-8-10-26-47(39)52-49(41)42)51(45-25-13-24-43-40-21-9-11-27-48(40)53-50(43)45)46-30-33-16-4-5-17-35(33)36-18-6-7-19-38(36)46/h1-31H. The lowest BCUT2D eigenvalue weighted by atomic mass is 9.92. The molecule has 11 rings (SSSR count). The van der Waals surface area contributed by atoms with Crippen LogP contribution >= 0.6 is 11.3 Å². The number of fused-ring (bicyclic) bond motifs is 9. The summed E-state index contributed by atoms with van der Waals surface area (Å²) < 4.78 is 9.16. The third-order valence-corrected chi connectivity index (χ3v) is 11.9. The van der Waals surface area contributed by atoms with Crippen LogP contribution in [0.5, 0.6) is 0 Å². The summed E-state index contributed by atoms with van der Waals surface area (Å²) in [6.45, 7) is 0. The molecule has 0 unspecified atom stereocenters. The monoisotopic (exact) mass is 693 g/mol. The van der Waals surface area contributed by atoms with Crippen molar-refractivity contribution in [1.29, 1.82) is 0 Å². The molecular weight excluding hydrogens is 663 g/mol. The van der Waals surface area contributed by atoms with Crippen LogP contribution in [0.1, 0.15) is 0 Å². The van der Waals surface area contributed by atoms with Crippen LogP contribution in [-0.4, -0.2) is 0 Å². The lowest BCUT2D eigenvalue weighted by molar-refractivity contribution is 0.670. The molecule has 0 aliphatic carbocycles. The summed E-state index contributed by atoms with van der Waals surface area (Å²) >= 11 is 1.86. The molecule has 0 atom stereocenters. The lowest BCUT2D eigenvalue weighted by Gasteiger charge is -2.29. The van der Waals surface area contributed by atoms with Gasteiger partial charge in [0, 0.05) is 42.9 Å². The number of hydrogen-bond donors (Lipinski definition) is 0. The molecule has 0 spiro atoms. The van der Waals surface area contributed by atoms with Gasteiger partial charge in [0.2, 0.25) is 0 Å². The Hall–Kier alpha value is -6.68. The molecule has 53 heavy (non-hydrogen) atoms. The van der Waals surface area contributed by atoms with Crippen LogP contribution in [0.3, 0.4) is 0 Å². The summed E-state index contributed by atoms with van der Waals surface area (Å²) in [5.41, 5.74) is 9.73. The van der Waals surface area contributed by atoms with Gasteiger partial charge in [-0.15, -0.1) is 11.3 Å². The van der Waals surface area contributed by atoms with Crippen LogP contribution < -0.4 is 4.90 Å². The van der Waals surface area contributed by atoms with Crippen molar-refractivity contribution in [1.82, 2.24) is 0 Å². The fourth-order valence-electron chi connectivity index (χ4n) is 8.26. The van der Waals surface area contributed by atoms with Crippen LogP contribution in [0.15, 0.2) is 192 Å². The van der Waals surface area contributed by atoms with Crippen LogP contribution in [0.25, 0.3) is 85.9 Å². The third kappa shape index (κ3) is 4.71. The fraction of sp³-hybridized carbons (Fsp3) is 0. The maximum Gasteiger partial charge on any atom is 0.143 e. The Bertz CT molecular complexity index is 3190. The molecule has 0 bridgehead atoms. The van der Waals surface area contributed by atoms with Gasteiger partial charge >= 0.3 is 0 Å². The summed E-state index contributed by atoms with van der Waals surface area (Å²) in [6, 6.07) is 68.0. The Morgan fingerprint density at radius 3 is 1.96 bits per heavy atom. The second kappa shape index (κ2) is 11.9. The van der Waals surface area contributed by atoms with Gasteiger partial charge in [-0.1, -0.05) is 152 Å².